The fourth-order valence-corrected chi connectivity index (χ4v) is 3.16. The van der Waals surface area contributed by atoms with Gasteiger partial charge in [0.25, 0.3) is 11.8 Å². The first-order chi connectivity index (χ1) is 15.2. The first-order valence-corrected chi connectivity index (χ1v) is 10.1. The molecule has 3 aromatic rings. The highest BCUT2D eigenvalue weighted by atomic mass is 35.5. The van der Waals surface area contributed by atoms with Crippen LogP contribution >= 0.6 is 11.6 Å². The molecular formula is C23H24ClN3O5. The van der Waals surface area contributed by atoms with Crippen molar-refractivity contribution in [1.82, 2.24) is 10.1 Å². The highest BCUT2D eigenvalue weighted by molar-refractivity contribution is 6.34. The van der Waals surface area contributed by atoms with Gasteiger partial charge in [-0.2, -0.15) is 0 Å². The Morgan fingerprint density at radius 1 is 1.09 bits per heavy atom. The predicted molar refractivity (Wildman–Crippen MR) is 121 cm³/mol. The number of benzene rings is 2. The van der Waals surface area contributed by atoms with Crippen molar-refractivity contribution in [3.8, 4) is 11.5 Å². The lowest BCUT2D eigenvalue weighted by Gasteiger charge is -2.14. The van der Waals surface area contributed by atoms with Crippen molar-refractivity contribution in [3.63, 3.8) is 0 Å². The zero-order valence-electron chi connectivity index (χ0n) is 18.5. The molecule has 0 aliphatic carbocycles. The molecule has 3 rings (SSSR count). The number of hydrogen-bond donors (Lipinski definition) is 1. The maximum Gasteiger partial charge on any atom is 0.255 e. The van der Waals surface area contributed by atoms with Crippen LogP contribution in [0.1, 0.15) is 37.7 Å². The maximum absolute atomic E-state index is 12.8. The summed E-state index contributed by atoms with van der Waals surface area (Å²) in [6.07, 6.45) is 0. The molecule has 8 nitrogen and oxygen atoms in total. The minimum Gasteiger partial charge on any atom is -0.493 e. The number of methoxy groups -OCH3 is 1. The van der Waals surface area contributed by atoms with Crippen LogP contribution in [-0.4, -0.2) is 43.1 Å². The number of ether oxygens (including phenoxy) is 2. The topological polar surface area (TPSA) is 93.9 Å². The third-order valence-electron chi connectivity index (χ3n) is 4.85. The van der Waals surface area contributed by atoms with Gasteiger partial charge in [0.1, 0.15) is 12.4 Å². The highest BCUT2D eigenvalue weighted by Crippen LogP contribution is 2.30. The van der Waals surface area contributed by atoms with Crippen LogP contribution in [-0.2, 0) is 6.61 Å². The summed E-state index contributed by atoms with van der Waals surface area (Å²) in [5.74, 6) is 0.951. The Morgan fingerprint density at radius 3 is 2.44 bits per heavy atom. The normalized spacial score (nSPS) is 10.6. The second-order valence-electron chi connectivity index (χ2n) is 7.31. The number of rotatable bonds is 7. The number of carbonyl (C=O) groups is 2. The molecule has 0 aliphatic rings. The smallest absolute Gasteiger partial charge is 0.255 e. The number of nitrogens with zero attached hydrogens (tertiary/aromatic N) is 2. The average Bonchev–Trinajstić information content (AvgIpc) is 3.10. The lowest BCUT2D eigenvalue weighted by Crippen LogP contribution is -2.22. The molecule has 1 N–H and O–H groups in total. The number of anilines is 1. The van der Waals surface area contributed by atoms with E-state index in [1.807, 2.05) is 13.8 Å². The fraction of sp³-hybridized carbons (Fsp3) is 0.261. The van der Waals surface area contributed by atoms with Crippen molar-refractivity contribution >= 4 is 29.1 Å². The number of amides is 2. The Kier molecular flexibility index (Phi) is 7.05. The van der Waals surface area contributed by atoms with Crippen molar-refractivity contribution in [2.45, 2.75) is 20.5 Å². The van der Waals surface area contributed by atoms with E-state index in [0.717, 1.165) is 11.3 Å². The van der Waals surface area contributed by atoms with Crippen molar-refractivity contribution in [2.75, 3.05) is 26.5 Å². The summed E-state index contributed by atoms with van der Waals surface area (Å²) in [5, 5.41) is 6.97. The van der Waals surface area contributed by atoms with E-state index in [2.05, 4.69) is 10.5 Å². The van der Waals surface area contributed by atoms with Gasteiger partial charge in [-0.3, -0.25) is 9.59 Å². The van der Waals surface area contributed by atoms with Gasteiger partial charge in [-0.05, 0) is 50.2 Å². The van der Waals surface area contributed by atoms with E-state index < -0.39 is 5.91 Å². The molecule has 0 saturated heterocycles. The molecule has 32 heavy (non-hydrogen) atoms. The lowest BCUT2D eigenvalue weighted by atomic mass is 10.1. The highest BCUT2D eigenvalue weighted by Gasteiger charge is 2.16. The molecule has 2 amide bonds. The first-order valence-electron chi connectivity index (χ1n) is 9.76. The van der Waals surface area contributed by atoms with E-state index >= 15 is 0 Å². The predicted octanol–water partition coefficient (Wildman–Crippen LogP) is 4.49. The molecular weight excluding hydrogens is 434 g/mol. The molecule has 0 bridgehead atoms. The summed E-state index contributed by atoms with van der Waals surface area (Å²) >= 11 is 6.21. The van der Waals surface area contributed by atoms with Crippen molar-refractivity contribution < 1.29 is 23.6 Å². The van der Waals surface area contributed by atoms with E-state index in [-0.39, 0.29) is 12.5 Å². The fourth-order valence-electron chi connectivity index (χ4n) is 2.99. The van der Waals surface area contributed by atoms with Crippen molar-refractivity contribution in [2.24, 2.45) is 0 Å². The van der Waals surface area contributed by atoms with Crippen molar-refractivity contribution in [1.29, 1.82) is 0 Å². The monoisotopic (exact) mass is 457 g/mol. The molecule has 168 valence electrons. The third-order valence-corrected chi connectivity index (χ3v) is 5.18. The molecule has 0 atom stereocenters. The standard InChI is InChI=1S/C23H24ClN3O5/c1-13-17(14(2)32-26-13)12-31-20-9-7-15(11-21(20)30-5)22(28)25-19-10-16(6-8-18(19)24)23(29)27(3)4/h6-11H,12H2,1-5H3,(H,25,28). The Morgan fingerprint density at radius 2 is 1.81 bits per heavy atom. The Bertz CT molecular complexity index is 1140. The SMILES string of the molecule is COc1cc(C(=O)Nc2cc(C(=O)N(C)C)ccc2Cl)ccc1OCc1c(C)noc1C. The number of halogens is 1. The lowest BCUT2D eigenvalue weighted by molar-refractivity contribution is 0.0827. The quantitative estimate of drug-likeness (QED) is 0.562. The van der Waals surface area contributed by atoms with Gasteiger partial charge in [-0.1, -0.05) is 16.8 Å². The average molecular weight is 458 g/mol. The Labute approximate surface area is 191 Å². The summed E-state index contributed by atoms with van der Waals surface area (Å²) in [5.41, 5.74) is 2.70. The van der Waals surface area contributed by atoms with Crippen LogP contribution in [0.3, 0.4) is 0 Å². The number of hydrogen-bond acceptors (Lipinski definition) is 6. The Balaban J connectivity index is 1.78. The molecule has 1 aromatic heterocycles. The van der Waals surface area contributed by atoms with E-state index in [1.165, 1.54) is 12.0 Å². The van der Waals surface area contributed by atoms with Crippen LogP contribution in [0.25, 0.3) is 0 Å². The minimum atomic E-state index is -0.406. The molecule has 0 unspecified atom stereocenters. The zero-order valence-corrected chi connectivity index (χ0v) is 19.2. The van der Waals surface area contributed by atoms with Gasteiger partial charge in [-0.15, -0.1) is 0 Å². The van der Waals surface area contributed by atoms with Crippen LogP contribution < -0.4 is 14.8 Å². The molecule has 2 aromatic carbocycles. The van der Waals surface area contributed by atoms with Crippen LogP contribution in [0, 0.1) is 13.8 Å². The number of carbonyl (C=O) groups excluding carboxylic acids is 2. The van der Waals surface area contributed by atoms with Crippen LogP contribution in [0.5, 0.6) is 11.5 Å². The molecule has 1 heterocycles. The molecule has 0 aliphatic heterocycles. The molecule has 0 fully saturated rings. The maximum atomic E-state index is 12.8. The summed E-state index contributed by atoms with van der Waals surface area (Å²) < 4.78 is 16.4. The zero-order chi connectivity index (χ0) is 23.4. The molecule has 0 spiro atoms. The summed E-state index contributed by atoms with van der Waals surface area (Å²) in [4.78, 5) is 26.5. The van der Waals surface area contributed by atoms with E-state index in [9.17, 15) is 9.59 Å². The number of nitrogens with one attached hydrogen (secondary N) is 1. The third kappa shape index (κ3) is 5.03. The molecule has 0 radical (unpaired) electrons. The second kappa shape index (κ2) is 9.74. The van der Waals surface area contributed by atoms with E-state index in [1.54, 1.807) is 50.5 Å². The molecule has 9 heteroatoms. The van der Waals surface area contributed by atoms with Gasteiger partial charge in [0, 0.05) is 25.2 Å². The van der Waals surface area contributed by atoms with Crippen LogP contribution in [0.15, 0.2) is 40.9 Å². The number of aryl methyl sites for hydroxylation is 2. The second-order valence-corrected chi connectivity index (χ2v) is 7.71. The molecule has 0 saturated carbocycles. The van der Waals surface area contributed by atoms with Gasteiger partial charge < -0.3 is 24.2 Å². The summed E-state index contributed by atoms with van der Waals surface area (Å²) in [6.45, 7) is 3.91. The van der Waals surface area contributed by atoms with Crippen molar-refractivity contribution in [3.05, 3.63) is 69.6 Å². The Hall–Kier alpha value is -3.52. The van der Waals surface area contributed by atoms with Crippen LogP contribution in [0.4, 0.5) is 5.69 Å². The summed E-state index contributed by atoms with van der Waals surface area (Å²) in [7, 11) is 4.79. The van der Waals surface area contributed by atoms with Gasteiger partial charge >= 0.3 is 0 Å². The van der Waals surface area contributed by atoms with E-state index in [0.29, 0.717) is 39.1 Å². The summed E-state index contributed by atoms with van der Waals surface area (Å²) in [6, 6.07) is 9.55. The van der Waals surface area contributed by atoms with Gasteiger partial charge in [0.2, 0.25) is 0 Å². The van der Waals surface area contributed by atoms with Crippen LogP contribution in [0.2, 0.25) is 5.02 Å². The largest absolute Gasteiger partial charge is 0.493 e. The van der Waals surface area contributed by atoms with Gasteiger partial charge in [-0.25, -0.2) is 0 Å². The van der Waals surface area contributed by atoms with Gasteiger partial charge in [0.15, 0.2) is 11.5 Å². The number of aromatic nitrogens is 1. The minimum absolute atomic E-state index is 0.196. The van der Waals surface area contributed by atoms with Gasteiger partial charge in [0.05, 0.1) is 29.1 Å². The van der Waals surface area contributed by atoms with E-state index in [4.69, 9.17) is 25.6 Å². The first kappa shape index (κ1) is 23.1.